The van der Waals surface area contributed by atoms with Crippen molar-refractivity contribution in [2.75, 3.05) is 5.73 Å². The molecule has 0 fully saturated rings. The van der Waals surface area contributed by atoms with Crippen LogP contribution < -0.4 is 5.73 Å². The smallest absolute Gasteiger partial charge is 0.0644 e. The van der Waals surface area contributed by atoms with Gasteiger partial charge in [-0.3, -0.25) is 0 Å². The van der Waals surface area contributed by atoms with E-state index < -0.39 is 0 Å². The van der Waals surface area contributed by atoms with Gasteiger partial charge in [-0.05, 0) is 30.7 Å². The molecule has 0 aliphatic carbocycles. The van der Waals surface area contributed by atoms with Crippen LogP contribution in [0.5, 0.6) is 0 Å². The third kappa shape index (κ3) is 1.16. The molecule has 9 heavy (non-hydrogen) atoms. The first-order valence-electron chi connectivity index (χ1n) is 2.63. The Labute approximate surface area is 59.4 Å². The minimum atomic E-state index is 0.579. The Hall–Kier alpha value is -0.690. The van der Waals surface area contributed by atoms with Crippen LogP contribution in [-0.4, -0.2) is 0 Å². The lowest BCUT2D eigenvalue weighted by molar-refractivity contribution is 1.47. The van der Waals surface area contributed by atoms with Gasteiger partial charge >= 0.3 is 0 Å². The molecule has 0 saturated heterocycles. The SMILES string of the molecule is Cc1c[c]cc(Cl)c1N. The van der Waals surface area contributed by atoms with Gasteiger partial charge in [0.25, 0.3) is 0 Å². The average Bonchev–Trinajstić information content (AvgIpc) is 1.83. The predicted octanol–water partition coefficient (Wildman–Crippen LogP) is 2.03. The Morgan fingerprint density at radius 2 is 2.22 bits per heavy atom. The fraction of sp³-hybridized carbons (Fsp3) is 0.143. The zero-order valence-corrected chi connectivity index (χ0v) is 5.87. The zero-order chi connectivity index (χ0) is 6.85. The summed E-state index contributed by atoms with van der Waals surface area (Å²) < 4.78 is 0. The molecule has 0 aliphatic heterocycles. The van der Waals surface area contributed by atoms with Crippen LogP contribution >= 0.6 is 11.6 Å². The monoisotopic (exact) mass is 140 g/mol. The van der Waals surface area contributed by atoms with E-state index in [-0.39, 0.29) is 0 Å². The number of rotatable bonds is 0. The molecule has 47 valence electrons. The summed E-state index contributed by atoms with van der Waals surface area (Å²) in [5.41, 5.74) is 7.15. The number of hydrogen-bond acceptors (Lipinski definition) is 1. The van der Waals surface area contributed by atoms with Crippen molar-refractivity contribution >= 4 is 17.3 Å². The van der Waals surface area contributed by atoms with Crippen LogP contribution in [0.4, 0.5) is 5.69 Å². The van der Waals surface area contributed by atoms with Crippen LogP contribution in [-0.2, 0) is 0 Å². The maximum Gasteiger partial charge on any atom is 0.0644 e. The van der Waals surface area contributed by atoms with E-state index in [4.69, 9.17) is 17.3 Å². The standard InChI is InChI=1S/C7H7ClN/c1-5-3-2-4-6(8)7(5)9/h3-4H,9H2,1H3. The minimum absolute atomic E-state index is 0.579. The number of nitrogen functional groups attached to an aromatic ring is 1. The lowest BCUT2D eigenvalue weighted by atomic mass is 10.2. The number of anilines is 1. The van der Waals surface area contributed by atoms with Crippen LogP contribution in [0.15, 0.2) is 12.1 Å². The predicted molar refractivity (Wildman–Crippen MR) is 39.4 cm³/mol. The molecule has 1 rings (SSSR count). The highest BCUT2D eigenvalue weighted by molar-refractivity contribution is 6.33. The number of halogens is 1. The van der Waals surface area contributed by atoms with E-state index in [0.717, 1.165) is 5.56 Å². The molecule has 1 nitrogen and oxygen atoms in total. The second-order valence-corrected chi connectivity index (χ2v) is 2.31. The maximum absolute atomic E-state index is 5.66. The van der Waals surface area contributed by atoms with Crippen molar-refractivity contribution in [3.05, 3.63) is 28.8 Å². The quantitative estimate of drug-likeness (QED) is 0.549. The Balaban J connectivity index is 3.25. The Morgan fingerprint density at radius 3 is 2.67 bits per heavy atom. The van der Waals surface area contributed by atoms with Gasteiger partial charge in [0.05, 0.1) is 10.7 Å². The first-order chi connectivity index (χ1) is 4.22. The molecule has 2 N–H and O–H groups in total. The molecule has 0 aromatic heterocycles. The van der Waals surface area contributed by atoms with Gasteiger partial charge in [-0.25, -0.2) is 0 Å². The van der Waals surface area contributed by atoms with Gasteiger partial charge in [-0.1, -0.05) is 11.6 Å². The number of nitrogens with two attached hydrogens (primary N) is 1. The van der Waals surface area contributed by atoms with Gasteiger partial charge < -0.3 is 5.73 Å². The topological polar surface area (TPSA) is 26.0 Å². The highest BCUT2D eigenvalue weighted by Crippen LogP contribution is 2.20. The van der Waals surface area contributed by atoms with E-state index in [1.807, 2.05) is 6.92 Å². The van der Waals surface area contributed by atoms with Crippen molar-refractivity contribution in [2.45, 2.75) is 6.92 Å². The number of benzene rings is 1. The average molecular weight is 141 g/mol. The summed E-state index contributed by atoms with van der Waals surface area (Å²) in [4.78, 5) is 0. The lowest BCUT2D eigenvalue weighted by Crippen LogP contribution is -1.88. The lowest BCUT2D eigenvalue weighted by Gasteiger charge is -1.98. The molecule has 1 radical (unpaired) electrons. The molecule has 0 amide bonds. The van der Waals surface area contributed by atoms with Crippen molar-refractivity contribution in [1.29, 1.82) is 0 Å². The highest BCUT2D eigenvalue weighted by atomic mass is 35.5. The highest BCUT2D eigenvalue weighted by Gasteiger charge is 1.95. The Bertz CT molecular complexity index is 200. The van der Waals surface area contributed by atoms with Gasteiger partial charge in [0.1, 0.15) is 0 Å². The molecule has 0 bridgehead atoms. The van der Waals surface area contributed by atoms with Gasteiger partial charge in [-0.15, -0.1) is 0 Å². The van der Waals surface area contributed by atoms with Crippen LogP contribution in [0.1, 0.15) is 5.56 Å². The summed E-state index contributed by atoms with van der Waals surface area (Å²) >= 11 is 5.66. The fourth-order valence-electron chi connectivity index (χ4n) is 0.584. The van der Waals surface area contributed by atoms with Gasteiger partial charge in [0.15, 0.2) is 0 Å². The van der Waals surface area contributed by atoms with Gasteiger partial charge in [-0.2, -0.15) is 0 Å². The minimum Gasteiger partial charge on any atom is -0.397 e. The van der Waals surface area contributed by atoms with Crippen molar-refractivity contribution in [2.24, 2.45) is 0 Å². The summed E-state index contributed by atoms with van der Waals surface area (Å²) in [6.45, 7) is 1.90. The summed E-state index contributed by atoms with van der Waals surface area (Å²) in [7, 11) is 0. The molecule has 0 spiro atoms. The summed E-state index contributed by atoms with van der Waals surface area (Å²) in [5, 5.41) is 0.579. The van der Waals surface area contributed by atoms with Crippen LogP contribution in [0.2, 0.25) is 5.02 Å². The van der Waals surface area contributed by atoms with Crippen LogP contribution in [0, 0.1) is 13.0 Å². The van der Waals surface area contributed by atoms with E-state index in [2.05, 4.69) is 6.07 Å². The molecule has 0 unspecified atom stereocenters. The number of hydrogen-bond donors (Lipinski definition) is 1. The third-order valence-electron chi connectivity index (χ3n) is 1.19. The molecular weight excluding hydrogens is 134 g/mol. The van der Waals surface area contributed by atoms with Crippen molar-refractivity contribution in [3.63, 3.8) is 0 Å². The van der Waals surface area contributed by atoms with Crippen molar-refractivity contribution < 1.29 is 0 Å². The largest absolute Gasteiger partial charge is 0.397 e. The molecule has 1 aromatic rings. The van der Waals surface area contributed by atoms with Crippen LogP contribution in [0.3, 0.4) is 0 Å². The van der Waals surface area contributed by atoms with E-state index >= 15 is 0 Å². The third-order valence-corrected chi connectivity index (χ3v) is 1.50. The van der Waals surface area contributed by atoms with E-state index in [1.165, 1.54) is 0 Å². The van der Waals surface area contributed by atoms with E-state index in [9.17, 15) is 0 Å². The fourth-order valence-corrected chi connectivity index (χ4v) is 0.796. The van der Waals surface area contributed by atoms with E-state index in [0.29, 0.717) is 10.7 Å². The summed E-state index contributed by atoms with van der Waals surface area (Å²) in [5.74, 6) is 0. The second kappa shape index (κ2) is 2.28. The van der Waals surface area contributed by atoms with Crippen molar-refractivity contribution in [3.8, 4) is 0 Å². The van der Waals surface area contributed by atoms with E-state index in [1.54, 1.807) is 12.1 Å². The van der Waals surface area contributed by atoms with Gasteiger partial charge in [0.2, 0.25) is 0 Å². The molecule has 0 saturated carbocycles. The maximum atomic E-state index is 5.66. The molecule has 0 aliphatic rings. The molecule has 0 heterocycles. The molecule has 0 atom stereocenters. The first kappa shape index (κ1) is 6.43. The summed E-state index contributed by atoms with van der Waals surface area (Å²) in [6, 6.07) is 6.32. The normalized spacial score (nSPS) is 9.56. The van der Waals surface area contributed by atoms with Gasteiger partial charge in [0, 0.05) is 0 Å². The van der Waals surface area contributed by atoms with Crippen LogP contribution in [0.25, 0.3) is 0 Å². The molecule has 1 aromatic carbocycles. The number of aryl methyl sites for hydroxylation is 1. The summed E-state index contributed by atoms with van der Waals surface area (Å²) in [6.07, 6.45) is 0. The second-order valence-electron chi connectivity index (χ2n) is 1.90. The Kier molecular flexibility index (Phi) is 1.63. The first-order valence-corrected chi connectivity index (χ1v) is 3.01. The Morgan fingerprint density at radius 1 is 1.56 bits per heavy atom. The molecular formula is C7H7ClN. The zero-order valence-electron chi connectivity index (χ0n) is 5.11. The molecule has 2 heteroatoms. The van der Waals surface area contributed by atoms with Crippen molar-refractivity contribution in [1.82, 2.24) is 0 Å².